The van der Waals surface area contributed by atoms with Gasteiger partial charge in [0.2, 0.25) is 5.91 Å². The Hall–Kier alpha value is -2.47. The minimum Gasteiger partial charge on any atom is -0.341 e. The number of carbonyl (C=O) groups excluding carboxylic acids is 1. The zero-order chi connectivity index (χ0) is 18.5. The van der Waals surface area contributed by atoms with Crippen LogP contribution in [0, 0.1) is 0 Å². The van der Waals surface area contributed by atoms with E-state index in [1.807, 2.05) is 55.1 Å². The fraction of sp³-hybridized carbons (Fsp3) is 0.350. The molecule has 0 bridgehead atoms. The molecule has 0 saturated carbocycles. The van der Waals surface area contributed by atoms with E-state index in [2.05, 4.69) is 4.98 Å². The summed E-state index contributed by atoms with van der Waals surface area (Å²) in [6.45, 7) is 5.57. The standard InChI is InChI=1S/C20H23N3O2S/c1-3-10-22(11-4-2)18(24)13-23-14-21-19-16(20(23)25)12-17(26-19)15-8-6-5-7-9-15/h5-9,12,14H,3-4,10-11,13H2,1-2H3. The maximum absolute atomic E-state index is 12.8. The molecule has 0 atom stereocenters. The fourth-order valence-electron chi connectivity index (χ4n) is 2.96. The molecule has 136 valence electrons. The van der Waals surface area contributed by atoms with E-state index in [9.17, 15) is 9.59 Å². The fourth-order valence-corrected chi connectivity index (χ4v) is 3.96. The number of nitrogens with zero attached hydrogens (tertiary/aromatic N) is 3. The Morgan fingerprint density at radius 3 is 2.50 bits per heavy atom. The number of benzene rings is 1. The first-order valence-corrected chi connectivity index (χ1v) is 9.77. The Morgan fingerprint density at radius 2 is 1.85 bits per heavy atom. The maximum Gasteiger partial charge on any atom is 0.262 e. The van der Waals surface area contributed by atoms with Crippen molar-refractivity contribution in [3.8, 4) is 10.4 Å². The zero-order valence-electron chi connectivity index (χ0n) is 15.1. The van der Waals surface area contributed by atoms with Gasteiger partial charge in [-0.2, -0.15) is 0 Å². The molecule has 1 amide bonds. The van der Waals surface area contributed by atoms with Gasteiger partial charge in [-0.3, -0.25) is 14.2 Å². The van der Waals surface area contributed by atoms with Crippen molar-refractivity contribution >= 4 is 27.5 Å². The minimum atomic E-state index is -0.158. The van der Waals surface area contributed by atoms with E-state index in [0.717, 1.165) is 23.3 Å². The Kier molecular flexibility index (Phi) is 5.83. The number of fused-ring (bicyclic) bond motifs is 1. The summed E-state index contributed by atoms with van der Waals surface area (Å²) in [7, 11) is 0. The molecule has 0 spiro atoms. The predicted octanol–water partition coefficient (Wildman–Crippen LogP) is 3.77. The monoisotopic (exact) mass is 369 g/mol. The Morgan fingerprint density at radius 1 is 1.15 bits per heavy atom. The van der Waals surface area contributed by atoms with Crippen LogP contribution in [0.15, 0.2) is 47.5 Å². The predicted molar refractivity (Wildman–Crippen MR) is 106 cm³/mol. The number of carbonyl (C=O) groups is 1. The molecule has 0 aliphatic carbocycles. The summed E-state index contributed by atoms with van der Waals surface area (Å²) >= 11 is 1.49. The van der Waals surface area contributed by atoms with E-state index >= 15 is 0 Å². The number of rotatable bonds is 7. The van der Waals surface area contributed by atoms with Gasteiger partial charge in [-0.1, -0.05) is 44.2 Å². The highest BCUT2D eigenvalue weighted by Gasteiger charge is 2.15. The molecule has 0 N–H and O–H groups in total. The first-order valence-electron chi connectivity index (χ1n) is 8.96. The summed E-state index contributed by atoms with van der Waals surface area (Å²) in [6.07, 6.45) is 3.30. The molecule has 26 heavy (non-hydrogen) atoms. The van der Waals surface area contributed by atoms with Gasteiger partial charge in [-0.05, 0) is 24.5 Å². The molecule has 5 nitrogen and oxygen atoms in total. The number of amides is 1. The van der Waals surface area contributed by atoms with Crippen molar-refractivity contribution in [2.75, 3.05) is 13.1 Å². The molecular formula is C20H23N3O2S. The Bertz CT molecular complexity index is 941. The van der Waals surface area contributed by atoms with Crippen LogP contribution >= 0.6 is 11.3 Å². The Labute approximate surface area is 156 Å². The van der Waals surface area contributed by atoms with Crippen LogP contribution in [0.5, 0.6) is 0 Å². The first kappa shape index (κ1) is 18.3. The molecule has 0 saturated heterocycles. The van der Waals surface area contributed by atoms with Crippen LogP contribution < -0.4 is 5.56 Å². The molecule has 0 radical (unpaired) electrons. The van der Waals surface area contributed by atoms with E-state index in [1.165, 1.54) is 22.2 Å². The summed E-state index contributed by atoms with van der Waals surface area (Å²) < 4.78 is 1.42. The highest BCUT2D eigenvalue weighted by atomic mass is 32.1. The second-order valence-electron chi connectivity index (χ2n) is 6.25. The van der Waals surface area contributed by atoms with Gasteiger partial charge in [0.25, 0.3) is 5.56 Å². The highest BCUT2D eigenvalue weighted by molar-refractivity contribution is 7.21. The van der Waals surface area contributed by atoms with Crippen molar-refractivity contribution in [3.63, 3.8) is 0 Å². The second kappa shape index (κ2) is 8.27. The molecule has 0 unspecified atom stereocenters. The van der Waals surface area contributed by atoms with Crippen molar-refractivity contribution < 1.29 is 4.79 Å². The molecule has 0 aliphatic rings. The largest absolute Gasteiger partial charge is 0.341 e. The summed E-state index contributed by atoms with van der Waals surface area (Å²) in [5, 5.41) is 0.571. The lowest BCUT2D eigenvalue weighted by molar-refractivity contribution is -0.132. The van der Waals surface area contributed by atoms with Crippen molar-refractivity contribution in [3.05, 3.63) is 53.1 Å². The van der Waals surface area contributed by atoms with E-state index in [-0.39, 0.29) is 18.0 Å². The van der Waals surface area contributed by atoms with Crippen LogP contribution in [0.4, 0.5) is 0 Å². The topological polar surface area (TPSA) is 55.2 Å². The molecule has 3 aromatic rings. The summed E-state index contributed by atoms with van der Waals surface area (Å²) in [6, 6.07) is 11.8. The lowest BCUT2D eigenvalue weighted by Crippen LogP contribution is -2.37. The summed E-state index contributed by atoms with van der Waals surface area (Å²) in [5.74, 6) is -0.0320. The molecule has 2 heterocycles. The van der Waals surface area contributed by atoms with Gasteiger partial charge < -0.3 is 4.90 Å². The number of hydrogen-bond donors (Lipinski definition) is 0. The lowest BCUT2D eigenvalue weighted by Gasteiger charge is -2.21. The van der Waals surface area contributed by atoms with E-state index in [0.29, 0.717) is 23.3 Å². The Balaban J connectivity index is 1.89. The third-order valence-electron chi connectivity index (χ3n) is 4.22. The van der Waals surface area contributed by atoms with Crippen molar-refractivity contribution in [1.82, 2.24) is 14.5 Å². The van der Waals surface area contributed by atoms with E-state index < -0.39 is 0 Å². The van der Waals surface area contributed by atoms with Gasteiger partial charge in [-0.15, -0.1) is 11.3 Å². The molecule has 0 aliphatic heterocycles. The third-order valence-corrected chi connectivity index (χ3v) is 5.31. The van der Waals surface area contributed by atoms with Crippen molar-refractivity contribution in [2.45, 2.75) is 33.2 Å². The maximum atomic E-state index is 12.8. The van der Waals surface area contributed by atoms with Crippen LogP contribution in [0.25, 0.3) is 20.7 Å². The van der Waals surface area contributed by atoms with Crippen molar-refractivity contribution in [1.29, 1.82) is 0 Å². The van der Waals surface area contributed by atoms with Gasteiger partial charge >= 0.3 is 0 Å². The molecule has 2 aromatic heterocycles. The molecule has 1 aromatic carbocycles. The van der Waals surface area contributed by atoms with Crippen LogP contribution in [-0.4, -0.2) is 33.4 Å². The summed E-state index contributed by atoms with van der Waals surface area (Å²) in [4.78, 5) is 33.3. The van der Waals surface area contributed by atoms with E-state index in [1.54, 1.807) is 0 Å². The third kappa shape index (κ3) is 3.85. The average Bonchev–Trinajstić information content (AvgIpc) is 3.10. The number of thiophene rings is 1. The van der Waals surface area contributed by atoms with Gasteiger partial charge in [0, 0.05) is 18.0 Å². The van der Waals surface area contributed by atoms with Crippen molar-refractivity contribution in [2.24, 2.45) is 0 Å². The summed E-state index contributed by atoms with van der Waals surface area (Å²) in [5.41, 5.74) is 0.907. The minimum absolute atomic E-state index is 0.0320. The van der Waals surface area contributed by atoms with Crippen LogP contribution in [-0.2, 0) is 11.3 Å². The van der Waals surface area contributed by atoms with Gasteiger partial charge in [0.05, 0.1) is 11.7 Å². The van der Waals surface area contributed by atoms with Crippen LogP contribution in [0.2, 0.25) is 0 Å². The normalized spacial score (nSPS) is 11.0. The highest BCUT2D eigenvalue weighted by Crippen LogP contribution is 2.30. The number of hydrogen-bond acceptors (Lipinski definition) is 4. The van der Waals surface area contributed by atoms with E-state index in [4.69, 9.17) is 0 Å². The van der Waals surface area contributed by atoms with Gasteiger partial charge in [0.15, 0.2) is 0 Å². The average molecular weight is 369 g/mol. The van der Waals surface area contributed by atoms with Gasteiger partial charge in [0.1, 0.15) is 11.4 Å². The smallest absolute Gasteiger partial charge is 0.262 e. The first-order chi connectivity index (χ1) is 12.6. The molecule has 3 rings (SSSR count). The lowest BCUT2D eigenvalue weighted by atomic mass is 10.2. The molecule has 0 fully saturated rings. The SMILES string of the molecule is CCCN(CCC)C(=O)Cn1cnc2sc(-c3ccccc3)cc2c1=O. The van der Waals surface area contributed by atoms with Crippen LogP contribution in [0.3, 0.4) is 0 Å². The molecule has 6 heteroatoms. The molecular weight excluding hydrogens is 346 g/mol. The quantitative estimate of drug-likeness (QED) is 0.637. The number of aromatic nitrogens is 2. The second-order valence-corrected chi connectivity index (χ2v) is 7.28. The van der Waals surface area contributed by atoms with Crippen LogP contribution in [0.1, 0.15) is 26.7 Å². The van der Waals surface area contributed by atoms with Gasteiger partial charge in [-0.25, -0.2) is 4.98 Å². The zero-order valence-corrected chi connectivity index (χ0v) is 16.0.